The second-order valence-electron chi connectivity index (χ2n) is 5.36. The van der Waals surface area contributed by atoms with Crippen LogP contribution in [0.15, 0.2) is 47.4 Å². The fourth-order valence-electron chi connectivity index (χ4n) is 2.45. The molecular formula is C20H22N2O3S. The van der Waals surface area contributed by atoms with Crippen molar-refractivity contribution in [3.05, 3.63) is 53.6 Å². The Morgan fingerprint density at radius 2 is 1.92 bits per heavy atom. The summed E-state index contributed by atoms with van der Waals surface area (Å²) in [7, 11) is 0. The third-order valence-electron chi connectivity index (χ3n) is 3.67. The van der Waals surface area contributed by atoms with E-state index in [1.165, 1.54) is 0 Å². The summed E-state index contributed by atoms with van der Waals surface area (Å²) in [5.74, 6) is 0.442. The van der Waals surface area contributed by atoms with Crippen molar-refractivity contribution in [3.8, 4) is 11.8 Å². The highest BCUT2D eigenvalue weighted by atomic mass is 32.2. The third kappa shape index (κ3) is 4.93. The van der Waals surface area contributed by atoms with Crippen LogP contribution < -0.4 is 10.1 Å². The highest BCUT2D eigenvalue weighted by Gasteiger charge is 2.23. The number of rotatable bonds is 8. The summed E-state index contributed by atoms with van der Waals surface area (Å²) in [5.41, 5.74) is 2.09. The second kappa shape index (κ2) is 9.73. The summed E-state index contributed by atoms with van der Waals surface area (Å²) in [6.07, 6.45) is 1.97. The van der Waals surface area contributed by atoms with Crippen LogP contribution in [-0.2, 0) is 9.53 Å². The van der Waals surface area contributed by atoms with Gasteiger partial charge in [0, 0.05) is 10.6 Å². The molecule has 0 fully saturated rings. The Bertz CT molecular complexity index is 785. The summed E-state index contributed by atoms with van der Waals surface area (Å²) >= 11 is 1.56. The average molecular weight is 370 g/mol. The van der Waals surface area contributed by atoms with E-state index >= 15 is 0 Å². The molecule has 6 heteroatoms. The molecule has 0 spiro atoms. The highest BCUT2D eigenvalue weighted by Crippen LogP contribution is 2.32. The van der Waals surface area contributed by atoms with Crippen molar-refractivity contribution in [2.24, 2.45) is 0 Å². The van der Waals surface area contributed by atoms with Crippen molar-refractivity contribution >= 4 is 23.4 Å². The molecule has 1 unspecified atom stereocenters. The predicted molar refractivity (Wildman–Crippen MR) is 104 cm³/mol. The van der Waals surface area contributed by atoms with Gasteiger partial charge in [0.1, 0.15) is 5.75 Å². The minimum Gasteiger partial charge on any atom is -0.493 e. The molecule has 136 valence electrons. The highest BCUT2D eigenvalue weighted by molar-refractivity contribution is 7.98. The number of thioether (sulfide) groups is 1. The van der Waals surface area contributed by atoms with Crippen LogP contribution in [0.5, 0.6) is 5.75 Å². The summed E-state index contributed by atoms with van der Waals surface area (Å²) in [4.78, 5) is 13.5. The van der Waals surface area contributed by atoms with Gasteiger partial charge in [0.05, 0.1) is 24.8 Å². The summed E-state index contributed by atoms with van der Waals surface area (Å²) in [5, 5.41) is 12.1. The van der Waals surface area contributed by atoms with Gasteiger partial charge in [-0.15, -0.1) is 11.8 Å². The molecule has 0 aliphatic rings. The van der Waals surface area contributed by atoms with Gasteiger partial charge in [-0.25, -0.2) is 4.79 Å². The first kappa shape index (κ1) is 19.7. The Hall–Kier alpha value is -2.65. The van der Waals surface area contributed by atoms with Gasteiger partial charge in [-0.2, -0.15) is 5.26 Å². The van der Waals surface area contributed by atoms with Gasteiger partial charge in [0.25, 0.3) is 0 Å². The Morgan fingerprint density at radius 3 is 2.50 bits per heavy atom. The molecule has 0 aliphatic heterocycles. The lowest BCUT2D eigenvalue weighted by Crippen LogP contribution is -2.23. The number of nitrogens with one attached hydrogen (secondary N) is 1. The van der Waals surface area contributed by atoms with Crippen molar-refractivity contribution in [1.29, 1.82) is 5.26 Å². The SMILES string of the molecule is CCOC(=O)C(Nc1ccc(C#N)cc1)c1ccc(OCC)c(SC)c1. The zero-order valence-corrected chi connectivity index (χ0v) is 15.9. The molecule has 0 aromatic heterocycles. The number of nitrogens with zero attached hydrogens (tertiary/aromatic N) is 1. The molecule has 0 aliphatic carbocycles. The van der Waals surface area contributed by atoms with Crippen molar-refractivity contribution in [3.63, 3.8) is 0 Å². The topological polar surface area (TPSA) is 71.3 Å². The van der Waals surface area contributed by atoms with Crippen LogP contribution in [0.1, 0.15) is 31.0 Å². The smallest absolute Gasteiger partial charge is 0.333 e. The van der Waals surface area contributed by atoms with Crippen LogP contribution in [-0.4, -0.2) is 25.4 Å². The summed E-state index contributed by atoms with van der Waals surface area (Å²) in [6, 6.07) is 14.1. The van der Waals surface area contributed by atoms with Crippen LogP contribution >= 0.6 is 11.8 Å². The molecule has 0 bridgehead atoms. The second-order valence-corrected chi connectivity index (χ2v) is 6.21. The van der Waals surface area contributed by atoms with Gasteiger partial charge in [0.2, 0.25) is 0 Å². The number of carbonyl (C=O) groups excluding carboxylic acids is 1. The Morgan fingerprint density at radius 1 is 1.19 bits per heavy atom. The monoisotopic (exact) mass is 370 g/mol. The van der Waals surface area contributed by atoms with Gasteiger partial charge in [0.15, 0.2) is 6.04 Å². The number of hydrogen-bond acceptors (Lipinski definition) is 6. The van der Waals surface area contributed by atoms with E-state index < -0.39 is 6.04 Å². The maximum absolute atomic E-state index is 12.5. The first-order chi connectivity index (χ1) is 12.6. The van der Waals surface area contributed by atoms with Gasteiger partial charge in [-0.3, -0.25) is 0 Å². The molecule has 1 N–H and O–H groups in total. The molecule has 26 heavy (non-hydrogen) atoms. The Kier molecular flexibility index (Phi) is 7.37. The maximum atomic E-state index is 12.5. The standard InChI is InChI=1S/C20H22N2O3S/c1-4-24-17-11-8-15(12-18(17)26-3)19(20(23)25-5-2)22-16-9-6-14(13-21)7-10-16/h6-12,19,22H,4-5H2,1-3H3. The number of ether oxygens (including phenoxy) is 2. The van der Waals surface area contributed by atoms with Gasteiger partial charge >= 0.3 is 5.97 Å². The third-order valence-corrected chi connectivity index (χ3v) is 4.43. The number of hydrogen-bond donors (Lipinski definition) is 1. The molecule has 0 saturated carbocycles. The van der Waals surface area contributed by atoms with E-state index in [1.807, 2.05) is 31.4 Å². The van der Waals surface area contributed by atoms with E-state index in [0.717, 1.165) is 21.9 Å². The fourth-order valence-corrected chi connectivity index (χ4v) is 3.03. The minimum atomic E-state index is -0.649. The van der Waals surface area contributed by atoms with Gasteiger partial charge < -0.3 is 14.8 Å². The minimum absolute atomic E-state index is 0.302. The molecule has 0 radical (unpaired) electrons. The molecule has 2 aromatic rings. The van der Waals surface area contributed by atoms with Crippen molar-refractivity contribution in [1.82, 2.24) is 0 Å². The van der Waals surface area contributed by atoms with Crippen molar-refractivity contribution in [2.45, 2.75) is 24.8 Å². The lowest BCUT2D eigenvalue weighted by molar-refractivity contribution is -0.144. The zero-order valence-electron chi connectivity index (χ0n) is 15.1. The fraction of sp³-hybridized carbons (Fsp3) is 0.300. The molecule has 0 saturated heterocycles. The summed E-state index contributed by atoms with van der Waals surface area (Å²) < 4.78 is 10.9. The molecule has 0 heterocycles. The largest absolute Gasteiger partial charge is 0.493 e. The molecule has 2 rings (SSSR count). The number of anilines is 1. The van der Waals surface area contributed by atoms with Gasteiger partial charge in [-0.1, -0.05) is 6.07 Å². The van der Waals surface area contributed by atoms with Crippen molar-refractivity contribution in [2.75, 3.05) is 24.8 Å². The van der Waals surface area contributed by atoms with Crippen molar-refractivity contribution < 1.29 is 14.3 Å². The average Bonchev–Trinajstić information content (AvgIpc) is 2.67. The molecule has 1 atom stereocenters. The van der Waals surface area contributed by atoms with Crippen LogP contribution in [0.4, 0.5) is 5.69 Å². The van der Waals surface area contributed by atoms with E-state index in [0.29, 0.717) is 18.8 Å². The normalized spacial score (nSPS) is 11.3. The molecule has 5 nitrogen and oxygen atoms in total. The van der Waals surface area contributed by atoms with Crippen LogP contribution in [0.3, 0.4) is 0 Å². The summed E-state index contributed by atoms with van der Waals surface area (Å²) in [6.45, 7) is 4.60. The maximum Gasteiger partial charge on any atom is 0.333 e. The van der Waals surface area contributed by atoms with Gasteiger partial charge in [-0.05, 0) is 62.1 Å². The predicted octanol–water partition coefficient (Wildman–Crippen LogP) is 4.40. The lowest BCUT2D eigenvalue weighted by atomic mass is 10.1. The van der Waals surface area contributed by atoms with Crippen LogP contribution in [0.2, 0.25) is 0 Å². The quantitative estimate of drug-likeness (QED) is 0.549. The molecule has 0 amide bonds. The zero-order chi connectivity index (χ0) is 18.9. The van der Waals surface area contributed by atoms with E-state index in [9.17, 15) is 4.79 Å². The number of esters is 1. The van der Waals surface area contributed by atoms with E-state index in [4.69, 9.17) is 14.7 Å². The Balaban J connectivity index is 2.34. The van der Waals surface area contributed by atoms with Crippen LogP contribution in [0, 0.1) is 11.3 Å². The lowest BCUT2D eigenvalue weighted by Gasteiger charge is -2.20. The van der Waals surface area contributed by atoms with E-state index in [2.05, 4.69) is 11.4 Å². The van der Waals surface area contributed by atoms with E-state index in [-0.39, 0.29) is 5.97 Å². The van der Waals surface area contributed by atoms with E-state index in [1.54, 1.807) is 43.0 Å². The van der Waals surface area contributed by atoms with Crippen LogP contribution in [0.25, 0.3) is 0 Å². The number of benzene rings is 2. The first-order valence-electron chi connectivity index (χ1n) is 8.37. The molecular weight excluding hydrogens is 348 g/mol. The number of carbonyl (C=O) groups is 1. The first-order valence-corrected chi connectivity index (χ1v) is 9.59. The number of nitriles is 1. The molecule has 2 aromatic carbocycles. The Labute approximate surface area is 158 Å².